The van der Waals surface area contributed by atoms with Crippen LogP contribution in [-0.2, 0) is 4.74 Å². The number of hydrogen-bond donors (Lipinski definition) is 2. The molecule has 23 heavy (non-hydrogen) atoms. The number of aromatic nitrogens is 2. The Bertz CT molecular complexity index is 507. The number of morpholine rings is 1. The second-order valence-corrected chi connectivity index (χ2v) is 6.25. The van der Waals surface area contributed by atoms with E-state index >= 15 is 0 Å². The summed E-state index contributed by atoms with van der Waals surface area (Å²) in [6, 6.07) is 2.13. The molecule has 0 saturated carbocycles. The molecule has 2 N–H and O–H groups in total. The lowest BCUT2D eigenvalue weighted by atomic mass is 10.2. The Morgan fingerprint density at radius 2 is 2.13 bits per heavy atom. The van der Waals surface area contributed by atoms with Crippen LogP contribution in [-0.4, -0.2) is 78.6 Å². The largest absolute Gasteiger partial charge is 0.394 e. The van der Waals surface area contributed by atoms with E-state index in [0.29, 0.717) is 0 Å². The summed E-state index contributed by atoms with van der Waals surface area (Å²) in [6.45, 7) is 8.58. The number of aliphatic hydroxyl groups is 1. The van der Waals surface area contributed by atoms with Gasteiger partial charge in [-0.3, -0.25) is 4.90 Å². The van der Waals surface area contributed by atoms with Gasteiger partial charge in [0, 0.05) is 44.5 Å². The zero-order chi connectivity index (χ0) is 16.1. The number of ether oxygens (including phenoxy) is 1. The maximum atomic E-state index is 9.49. The van der Waals surface area contributed by atoms with E-state index in [9.17, 15) is 5.11 Å². The molecule has 1 aromatic rings. The lowest BCUT2D eigenvalue weighted by Gasteiger charge is -2.27. The fourth-order valence-corrected chi connectivity index (χ4v) is 3.23. The van der Waals surface area contributed by atoms with Gasteiger partial charge in [-0.15, -0.1) is 0 Å². The summed E-state index contributed by atoms with van der Waals surface area (Å²) in [5.41, 5.74) is 0.951. The van der Waals surface area contributed by atoms with Crippen LogP contribution in [0.1, 0.15) is 18.5 Å². The molecule has 1 aromatic heterocycles. The molecule has 7 heteroatoms. The van der Waals surface area contributed by atoms with Crippen molar-refractivity contribution in [1.82, 2.24) is 14.9 Å². The maximum absolute atomic E-state index is 9.49. The predicted octanol–water partition coefficient (Wildman–Crippen LogP) is 0.490. The van der Waals surface area contributed by atoms with Gasteiger partial charge in [0.05, 0.1) is 25.9 Å². The van der Waals surface area contributed by atoms with Crippen LogP contribution >= 0.6 is 0 Å². The highest BCUT2D eigenvalue weighted by Crippen LogP contribution is 2.23. The van der Waals surface area contributed by atoms with Gasteiger partial charge in [0.2, 0.25) is 5.95 Å². The fraction of sp³-hybridized carbons (Fsp3) is 0.750. The van der Waals surface area contributed by atoms with E-state index in [1.54, 1.807) is 0 Å². The quantitative estimate of drug-likeness (QED) is 0.790. The Kier molecular flexibility index (Phi) is 5.64. The smallest absolute Gasteiger partial charge is 0.227 e. The fourth-order valence-electron chi connectivity index (χ4n) is 3.23. The van der Waals surface area contributed by atoms with Gasteiger partial charge in [-0.05, 0) is 19.8 Å². The highest BCUT2D eigenvalue weighted by atomic mass is 16.5. The van der Waals surface area contributed by atoms with E-state index in [4.69, 9.17) is 4.74 Å². The van der Waals surface area contributed by atoms with Gasteiger partial charge in [-0.2, -0.15) is 4.98 Å². The zero-order valence-electron chi connectivity index (χ0n) is 13.9. The number of anilines is 2. The third-order valence-corrected chi connectivity index (χ3v) is 4.53. The molecular formula is C16H27N5O2. The van der Waals surface area contributed by atoms with Gasteiger partial charge in [0.1, 0.15) is 5.82 Å². The number of rotatable bonds is 6. The Labute approximate surface area is 137 Å². The van der Waals surface area contributed by atoms with E-state index in [0.717, 1.165) is 76.2 Å². The number of nitrogens with zero attached hydrogens (tertiary/aromatic N) is 4. The number of nitrogens with one attached hydrogen (secondary N) is 1. The number of aliphatic hydroxyl groups excluding tert-OH is 1. The van der Waals surface area contributed by atoms with E-state index in [-0.39, 0.29) is 12.6 Å². The van der Waals surface area contributed by atoms with Crippen molar-refractivity contribution < 1.29 is 9.84 Å². The summed E-state index contributed by atoms with van der Waals surface area (Å²) in [7, 11) is 0. The molecular weight excluding hydrogens is 294 g/mol. The molecule has 0 spiro atoms. The standard InChI is InChI=1S/C16H27N5O2/c1-13-11-15(17-4-6-20-7-9-23-10-8-20)19-16(18-13)21-5-2-3-14(21)12-22/h11,14,22H,2-10,12H2,1H3,(H,17,18,19). The van der Waals surface area contributed by atoms with Crippen LogP contribution in [0.4, 0.5) is 11.8 Å². The summed E-state index contributed by atoms with van der Waals surface area (Å²) in [6.07, 6.45) is 2.09. The highest BCUT2D eigenvalue weighted by Gasteiger charge is 2.26. The molecule has 2 saturated heterocycles. The molecule has 0 radical (unpaired) electrons. The molecule has 2 aliphatic rings. The predicted molar refractivity (Wildman–Crippen MR) is 90.0 cm³/mol. The Hall–Kier alpha value is -1.44. The van der Waals surface area contributed by atoms with Crippen molar-refractivity contribution in [3.63, 3.8) is 0 Å². The number of aryl methyl sites for hydroxylation is 1. The van der Waals surface area contributed by atoms with E-state index < -0.39 is 0 Å². The molecule has 0 amide bonds. The average Bonchev–Trinajstić information content (AvgIpc) is 3.04. The first-order chi connectivity index (χ1) is 11.3. The van der Waals surface area contributed by atoms with Crippen LogP contribution in [0.15, 0.2) is 6.07 Å². The lowest BCUT2D eigenvalue weighted by Crippen LogP contribution is -2.39. The first-order valence-electron chi connectivity index (χ1n) is 8.53. The number of hydrogen-bond acceptors (Lipinski definition) is 7. The molecule has 3 rings (SSSR count). The third kappa shape index (κ3) is 4.31. The van der Waals surface area contributed by atoms with E-state index in [1.807, 2.05) is 13.0 Å². The normalized spacial score (nSPS) is 22.5. The molecule has 0 aliphatic carbocycles. The molecule has 0 aromatic carbocycles. The first-order valence-corrected chi connectivity index (χ1v) is 8.53. The molecule has 2 fully saturated rings. The second-order valence-electron chi connectivity index (χ2n) is 6.25. The van der Waals surface area contributed by atoms with E-state index in [1.165, 1.54) is 0 Å². The molecule has 1 unspecified atom stereocenters. The average molecular weight is 321 g/mol. The Morgan fingerprint density at radius 3 is 2.91 bits per heavy atom. The molecule has 3 heterocycles. The summed E-state index contributed by atoms with van der Waals surface area (Å²) in [5, 5.41) is 12.9. The van der Waals surface area contributed by atoms with Gasteiger partial charge in [-0.1, -0.05) is 0 Å². The van der Waals surface area contributed by atoms with Crippen molar-refractivity contribution in [2.24, 2.45) is 0 Å². The SMILES string of the molecule is Cc1cc(NCCN2CCOCC2)nc(N2CCCC2CO)n1. The van der Waals surface area contributed by atoms with Gasteiger partial charge in [0.25, 0.3) is 0 Å². The molecule has 7 nitrogen and oxygen atoms in total. The minimum atomic E-state index is 0.151. The van der Waals surface area contributed by atoms with Crippen molar-refractivity contribution in [3.8, 4) is 0 Å². The van der Waals surface area contributed by atoms with Gasteiger partial charge < -0.3 is 20.1 Å². The second kappa shape index (κ2) is 7.90. The molecule has 128 valence electrons. The van der Waals surface area contributed by atoms with Crippen molar-refractivity contribution in [1.29, 1.82) is 0 Å². The summed E-state index contributed by atoms with van der Waals surface area (Å²) in [5.74, 6) is 1.60. The highest BCUT2D eigenvalue weighted by molar-refractivity contribution is 5.45. The van der Waals surface area contributed by atoms with Crippen LogP contribution in [0, 0.1) is 6.92 Å². The van der Waals surface area contributed by atoms with Crippen molar-refractivity contribution in [2.45, 2.75) is 25.8 Å². The summed E-state index contributed by atoms with van der Waals surface area (Å²) in [4.78, 5) is 13.7. The zero-order valence-corrected chi connectivity index (χ0v) is 13.9. The van der Waals surface area contributed by atoms with Crippen molar-refractivity contribution in [2.75, 3.05) is 62.8 Å². The maximum Gasteiger partial charge on any atom is 0.227 e. The minimum absolute atomic E-state index is 0.151. The van der Waals surface area contributed by atoms with Crippen LogP contribution in [0.3, 0.4) is 0 Å². The van der Waals surface area contributed by atoms with Crippen molar-refractivity contribution in [3.05, 3.63) is 11.8 Å². The Balaban J connectivity index is 1.58. The van der Waals surface area contributed by atoms with Gasteiger partial charge in [0.15, 0.2) is 0 Å². The van der Waals surface area contributed by atoms with Crippen LogP contribution in [0.5, 0.6) is 0 Å². The lowest BCUT2D eigenvalue weighted by molar-refractivity contribution is 0.0398. The third-order valence-electron chi connectivity index (χ3n) is 4.53. The van der Waals surface area contributed by atoms with Crippen LogP contribution in [0.25, 0.3) is 0 Å². The van der Waals surface area contributed by atoms with Crippen LogP contribution in [0.2, 0.25) is 0 Å². The first kappa shape index (κ1) is 16.4. The van der Waals surface area contributed by atoms with E-state index in [2.05, 4.69) is 25.1 Å². The van der Waals surface area contributed by atoms with Gasteiger partial charge >= 0.3 is 0 Å². The summed E-state index contributed by atoms with van der Waals surface area (Å²) < 4.78 is 5.36. The summed E-state index contributed by atoms with van der Waals surface area (Å²) >= 11 is 0. The van der Waals surface area contributed by atoms with Crippen LogP contribution < -0.4 is 10.2 Å². The topological polar surface area (TPSA) is 73.8 Å². The molecule has 1 atom stereocenters. The Morgan fingerprint density at radius 1 is 1.30 bits per heavy atom. The van der Waals surface area contributed by atoms with Gasteiger partial charge in [-0.25, -0.2) is 4.98 Å². The monoisotopic (exact) mass is 321 g/mol. The molecule has 2 aliphatic heterocycles. The minimum Gasteiger partial charge on any atom is -0.394 e. The molecule has 0 bridgehead atoms. The van der Waals surface area contributed by atoms with Crippen molar-refractivity contribution >= 4 is 11.8 Å².